The second-order valence-corrected chi connectivity index (χ2v) is 6.82. The molecule has 0 atom stereocenters. The quantitative estimate of drug-likeness (QED) is 0.623. The highest BCUT2D eigenvalue weighted by Gasteiger charge is 2.16. The average molecular weight is 452 g/mol. The maximum absolute atomic E-state index is 13.8. The smallest absolute Gasteiger partial charge is 0.273 e. The molecule has 0 aliphatic carbocycles. The highest BCUT2D eigenvalue weighted by atomic mass is 79.9. The second kappa shape index (κ2) is 8.07. The van der Waals surface area contributed by atoms with Crippen molar-refractivity contribution in [2.75, 3.05) is 0 Å². The van der Waals surface area contributed by atoms with E-state index in [1.54, 1.807) is 19.1 Å². The molecule has 0 aliphatic heterocycles. The molecule has 3 N–H and O–H groups in total. The summed E-state index contributed by atoms with van der Waals surface area (Å²) >= 11 is 3.17. The fourth-order valence-electron chi connectivity index (χ4n) is 2.68. The summed E-state index contributed by atoms with van der Waals surface area (Å²) < 4.78 is 33.6. The number of ether oxygens (including phenoxy) is 1. The number of aromatic nitrogens is 2. The molecule has 146 valence electrons. The van der Waals surface area contributed by atoms with Crippen molar-refractivity contribution in [3.63, 3.8) is 0 Å². The number of nitrogens with one attached hydrogen (secondary N) is 1. The van der Waals surface area contributed by atoms with Crippen LogP contribution in [0, 0.1) is 18.6 Å². The summed E-state index contributed by atoms with van der Waals surface area (Å²) in [5, 5.41) is 0. The second-order valence-electron chi connectivity index (χ2n) is 6.03. The van der Waals surface area contributed by atoms with Gasteiger partial charge in [-0.2, -0.15) is 0 Å². The lowest BCUT2D eigenvalue weighted by Gasteiger charge is -2.14. The molecule has 2 aromatic heterocycles. The molecule has 28 heavy (non-hydrogen) atoms. The number of halogens is 3. The van der Waals surface area contributed by atoms with Crippen LogP contribution in [-0.2, 0) is 13.2 Å². The molecule has 6 nitrogen and oxygen atoms in total. The van der Waals surface area contributed by atoms with Crippen molar-refractivity contribution in [1.29, 1.82) is 0 Å². The summed E-state index contributed by atoms with van der Waals surface area (Å²) in [7, 11) is 0. The summed E-state index contributed by atoms with van der Waals surface area (Å²) in [6, 6.07) is 7.83. The molecule has 1 aromatic carbocycles. The molecule has 0 unspecified atom stereocenters. The van der Waals surface area contributed by atoms with E-state index in [4.69, 9.17) is 10.5 Å². The fourth-order valence-corrected chi connectivity index (χ4v) is 3.09. The first-order valence-electron chi connectivity index (χ1n) is 8.23. The molecule has 0 saturated heterocycles. The number of nitrogens with zero attached hydrogens (tertiary/aromatic N) is 1. The van der Waals surface area contributed by atoms with E-state index in [1.165, 1.54) is 16.7 Å². The lowest BCUT2D eigenvalue weighted by atomic mass is 10.2. The standard InChI is InChI=1S/C19H16BrF2N3O3/c1-10-6-16(28-9-11-2-3-12(21)7-14(11)22)17(20)19(27)25(10)15-5-4-13(8-23)24-18(15)26/h2-7H,8-9,23H2,1H3,(H,24,26). The Labute approximate surface area is 166 Å². The van der Waals surface area contributed by atoms with Crippen molar-refractivity contribution in [2.24, 2.45) is 5.73 Å². The Bertz CT molecular complexity index is 1160. The zero-order chi connectivity index (χ0) is 20.4. The first-order valence-corrected chi connectivity index (χ1v) is 9.02. The van der Waals surface area contributed by atoms with Crippen molar-refractivity contribution < 1.29 is 13.5 Å². The molecule has 0 saturated carbocycles. The van der Waals surface area contributed by atoms with Crippen LogP contribution >= 0.6 is 15.9 Å². The van der Waals surface area contributed by atoms with Gasteiger partial charge in [0.1, 0.15) is 34.2 Å². The van der Waals surface area contributed by atoms with E-state index in [0.717, 1.165) is 12.1 Å². The Morgan fingerprint density at radius 2 is 1.93 bits per heavy atom. The van der Waals surface area contributed by atoms with Crippen LogP contribution in [0.5, 0.6) is 5.75 Å². The van der Waals surface area contributed by atoms with Crippen LogP contribution in [0.3, 0.4) is 0 Å². The molecule has 0 aliphatic rings. The first-order chi connectivity index (χ1) is 13.3. The van der Waals surface area contributed by atoms with E-state index in [1.807, 2.05) is 0 Å². The Kier molecular flexibility index (Phi) is 5.76. The molecular formula is C19H16BrF2N3O3. The monoisotopic (exact) mass is 451 g/mol. The van der Waals surface area contributed by atoms with E-state index in [2.05, 4.69) is 20.9 Å². The molecule has 0 amide bonds. The fraction of sp³-hybridized carbons (Fsp3) is 0.158. The molecule has 3 rings (SSSR count). The maximum Gasteiger partial charge on any atom is 0.273 e. The number of H-pyrrole nitrogens is 1. The molecular weight excluding hydrogens is 436 g/mol. The van der Waals surface area contributed by atoms with Gasteiger partial charge in [0.25, 0.3) is 11.1 Å². The molecule has 3 aromatic rings. The van der Waals surface area contributed by atoms with Gasteiger partial charge in [0.15, 0.2) is 0 Å². The van der Waals surface area contributed by atoms with Crippen molar-refractivity contribution in [3.05, 3.63) is 90.2 Å². The van der Waals surface area contributed by atoms with E-state index < -0.39 is 22.8 Å². The van der Waals surface area contributed by atoms with Crippen LogP contribution in [0.1, 0.15) is 17.0 Å². The minimum absolute atomic E-state index is 0.0721. The number of nitrogens with two attached hydrogens (primary N) is 1. The summed E-state index contributed by atoms with van der Waals surface area (Å²) in [6.07, 6.45) is 0. The number of hydrogen-bond donors (Lipinski definition) is 2. The van der Waals surface area contributed by atoms with Crippen molar-refractivity contribution in [2.45, 2.75) is 20.1 Å². The maximum atomic E-state index is 13.8. The van der Waals surface area contributed by atoms with Gasteiger partial charge in [0.05, 0.1) is 0 Å². The van der Waals surface area contributed by atoms with Gasteiger partial charge in [-0.15, -0.1) is 0 Å². The summed E-state index contributed by atoms with van der Waals surface area (Å²) in [5.41, 5.74) is 5.79. The van der Waals surface area contributed by atoms with E-state index >= 15 is 0 Å². The number of hydrogen-bond acceptors (Lipinski definition) is 4. The molecule has 0 bridgehead atoms. The predicted octanol–water partition coefficient (Wildman–Crippen LogP) is 2.91. The van der Waals surface area contributed by atoms with E-state index in [0.29, 0.717) is 11.4 Å². The zero-order valence-corrected chi connectivity index (χ0v) is 16.3. The normalized spacial score (nSPS) is 10.9. The average Bonchev–Trinajstić information content (AvgIpc) is 2.66. The Morgan fingerprint density at radius 3 is 2.57 bits per heavy atom. The van der Waals surface area contributed by atoms with E-state index in [-0.39, 0.29) is 34.6 Å². The third-order valence-electron chi connectivity index (χ3n) is 4.11. The third-order valence-corrected chi connectivity index (χ3v) is 4.84. The van der Waals surface area contributed by atoms with Crippen LogP contribution in [0.25, 0.3) is 5.69 Å². The van der Waals surface area contributed by atoms with Gasteiger partial charge < -0.3 is 15.5 Å². The number of aromatic amines is 1. The predicted molar refractivity (Wildman–Crippen MR) is 104 cm³/mol. The van der Waals surface area contributed by atoms with Crippen molar-refractivity contribution >= 4 is 15.9 Å². The third kappa shape index (κ3) is 3.90. The van der Waals surface area contributed by atoms with Gasteiger partial charge >= 0.3 is 0 Å². The Balaban J connectivity index is 1.97. The lowest BCUT2D eigenvalue weighted by molar-refractivity contribution is 0.296. The SMILES string of the molecule is Cc1cc(OCc2ccc(F)cc2F)c(Br)c(=O)n1-c1ccc(CN)[nH]c1=O. The highest BCUT2D eigenvalue weighted by molar-refractivity contribution is 9.10. The Morgan fingerprint density at radius 1 is 1.18 bits per heavy atom. The van der Waals surface area contributed by atoms with Crippen LogP contribution in [-0.4, -0.2) is 9.55 Å². The summed E-state index contributed by atoms with van der Waals surface area (Å²) in [5.74, 6) is -1.25. The van der Waals surface area contributed by atoms with Crippen LogP contribution in [0.2, 0.25) is 0 Å². The molecule has 2 heterocycles. The number of benzene rings is 1. The summed E-state index contributed by atoms with van der Waals surface area (Å²) in [6.45, 7) is 1.61. The highest BCUT2D eigenvalue weighted by Crippen LogP contribution is 2.25. The van der Waals surface area contributed by atoms with Gasteiger partial charge in [0, 0.05) is 35.6 Å². The zero-order valence-electron chi connectivity index (χ0n) is 14.8. The minimum Gasteiger partial charge on any atom is -0.487 e. The van der Waals surface area contributed by atoms with Crippen molar-refractivity contribution in [1.82, 2.24) is 9.55 Å². The van der Waals surface area contributed by atoms with Gasteiger partial charge in [-0.05, 0) is 47.1 Å². The molecule has 0 radical (unpaired) electrons. The van der Waals surface area contributed by atoms with Gasteiger partial charge in [-0.3, -0.25) is 14.2 Å². The summed E-state index contributed by atoms with van der Waals surface area (Å²) in [4.78, 5) is 27.7. The van der Waals surface area contributed by atoms with Gasteiger partial charge in [-0.1, -0.05) is 0 Å². The van der Waals surface area contributed by atoms with Crippen LogP contribution in [0.15, 0.2) is 50.5 Å². The Hall–Kier alpha value is -2.78. The number of pyridine rings is 2. The lowest BCUT2D eigenvalue weighted by Crippen LogP contribution is -2.28. The molecule has 9 heteroatoms. The number of aryl methyl sites for hydroxylation is 1. The van der Waals surface area contributed by atoms with Gasteiger partial charge in [-0.25, -0.2) is 8.78 Å². The largest absolute Gasteiger partial charge is 0.487 e. The van der Waals surface area contributed by atoms with Crippen molar-refractivity contribution in [3.8, 4) is 11.4 Å². The topological polar surface area (TPSA) is 90.1 Å². The molecule has 0 spiro atoms. The van der Waals surface area contributed by atoms with Crippen LogP contribution < -0.4 is 21.6 Å². The number of rotatable bonds is 5. The van der Waals surface area contributed by atoms with E-state index in [9.17, 15) is 18.4 Å². The van der Waals surface area contributed by atoms with Crippen LogP contribution in [0.4, 0.5) is 8.78 Å². The minimum atomic E-state index is -0.743. The molecule has 0 fully saturated rings. The first kappa shape index (κ1) is 20.0. The van der Waals surface area contributed by atoms with Gasteiger partial charge in [0.2, 0.25) is 0 Å².